The van der Waals surface area contributed by atoms with Gasteiger partial charge in [0.15, 0.2) is 12.1 Å². The molecule has 2 saturated heterocycles. The van der Waals surface area contributed by atoms with Gasteiger partial charge in [-0.3, -0.25) is 9.59 Å². The number of allylic oxidation sites excluding steroid dienone is 12. The molecular formula is C48H74N2O16. The van der Waals surface area contributed by atoms with E-state index < -0.39 is 135 Å². The molecule has 13 N–H and O–H groups in total. The maximum absolute atomic E-state index is 13.6. The highest BCUT2D eigenvalue weighted by molar-refractivity contribution is 5.80. The molecule has 18 nitrogen and oxygen atoms in total. The summed E-state index contributed by atoms with van der Waals surface area (Å²) in [5.74, 6) is -4.92. The van der Waals surface area contributed by atoms with Gasteiger partial charge in [-0.25, -0.2) is 0 Å². The fourth-order valence-electron chi connectivity index (χ4n) is 8.04. The molecule has 4 aliphatic rings. The maximum Gasteiger partial charge on any atom is 0.308 e. The molecule has 1 aliphatic carbocycles. The summed E-state index contributed by atoms with van der Waals surface area (Å²) in [7, 11) is 0. The molecule has 3 fully saturated rings. The Morgan fingerprint density at radius 2 is 1.29 bits per heavy atom. The number of rotatable bonds is 4. The summed E-state index contributed by atoms with van der Waals surface area (Å²) in [4.78, 5) is 26.1. The molecule has 0 aromatic rings. The van der Waals surface area contributed by atoms with Crippen LogP contribution in [-0.4, -0.2) is 167 Å². The van der Waals surface area contributed by atoms with E-state index in [9.17, 15) is 60.7 Å². The van der Waals surface area contributed by atoms with Gasteiger partial charge in [-0.2, -0.15) is 0 Å². The molecule has 0 aromatic carbocycles. The number of nitrogens with one attached hydrogen (secondary N) is 1. The number of fused-ring (bicyclic) bond motifs is 2. The second-order valence-electron chi connectivity index (χ2n) is 18.1. The van der Waals surface area contributed by atoms with Gasteiger partial charge in [-0.15, -0.1) is 0 Å². The first kappa shape index (κ1) is 55.2. The van der Waals surface area contributed by atoms with Crippen LogP contribution in [0.25, 0.3) is 0 Å². The summed E-state index contributed by atoms with van der Waals surface area (Å²) in [5.41, 5.74) is 6.00. The number of hydrogen-bond acceptors (Lipinski definition) is 17. The van der Waals surface area contributed by atoms with Crippen LogP contribution in [-0.2, 0) is 28.5 Å². The van der Waals surface area contributed by atoms with Gasteiger partial charge in [0.2, 0.25) is 5.91 Å². The summed E-state index contributed by atoms with van der Waals surface area (Å²) in [6, 6.07) is -1.17. The van der Waals surface area contributed by atoms with Crippen LogP contribution in [0.2, 0.25) is 0 Å². The molecule has 2 bridgehead atoms. The predicted octanol–water partition coefficient (Wildman–Crippen LogP) is 0.271. The Morgan fingerprint density at radius 3 is 1.91 bits per heavy atom. The van der Waals surface area contributed by atoms with Crippen LogP contribution in [0.4, 0.5) is 0 Å². The van der Waals surface area contributed by atoms with Crippen LogP contribution in [0, 0.1) is 11.8 Å². The fraction of sp³-hybridized carbons (Fsp3) is 0.667. The SMILES string of the molecule is C[C@H]1C[C@H](O)[C@@H](C)/C=C/C=C/C=C/C=C/C=C/C=C/C=C/C(O[C@@H]2OC[C@@H](O)[C@H](N)[C@H]2O)C[C@@H]2OC(O)(CC(O)CC(O)C(O)CCC(O)CC(O)CC(=O)O1)C[C@H](O)C2C(=O)NC1CC1. The number of carbonyl (C=O) groups excluding carboxylic acids is 2. The minimum Gasteiger partial charge on any atom is -0.462 e. The van der Waals surface area contributed by atoms with Crippen LogP contribution in [0.3, 0.4) is 0 Å². The summed E-state index contributed by atoms with van der Waals surface area (Å²) >= 11 is 0. The molecule has 372 valence electrons. The average molecular weight is 935 g/mol. The zero-order valence-electron chi connectivity index (χ0n) is 37.9. The van der Waals surface area contributed by atoms with E-state index in [4.69, 9.17) is 24.7 Å². The molecule has 66 heavy (non-hydrogen) atoms. The first-order valence-corrected chi connectivity index (χ1v) is 23.1. The van der Waals surface area contributed by atoms with Crippen LogP contribution >= 0.6 is 0 Å². The Hall–Kier alpha value is -3.44. The van der Waals surface area contributed by atoms with Gasteiger partial charge in [0.25, 0.3) is 0 Å². The zero-order valence-corrected chi connectivity index (χ0v) is 37.9. The molecule has 1 saturated carbocycles. The van der Waals surface area contributed by atoms with E-state index in [1.165, 1.54) is 0 Å². The smallest absolute Gasteiger partial charge is 0.308 e. The quantitative estimate of drug-likeness (QED) is 0.168. The van der Waals surface area contributed by atoms with Crippen molar-refractivity contribution in [2.75, 3.05) is 6.61 Å². The molecule has 0 aromatic heterocycles. The first-order chi connectivity index (χ1) is 31.3. The Labute approximate surface area is 387 Å². The van der Waals surface area contributed by atoms with Crippen molar-refractivity contribution < 1.29 is 79.6 Å². The Kier molecular flexibility index (Phi) is 23.0. The first-order valence-electron chi connectivity index (χ1n) is 23.1. The molecule has 4 rings (SSSR count). The molecule has 3 aliphatic heterocycles. The number of carbonyl (C=O) groups is 2. The highest BCUT2D eigenvalue weighted by Gasteiger charge is 2.51. The molecule has 0 radical (unpaired) electrons. The molecule has 8 unspecified atom stereocenters. The largest absolute Gasteiger partial charge is 0.462 e. The van der Waals surface area contributed by atoms with Crippen molar-refractivity contribution in [3.63, 3.8) is 0 Å². The molecule has 17 atom stereocenters. The summed E-state index contributed by atoms with van der Waals surface area (Å²) in [6.07, 6.45) is 7.93. The van der Waals surface area contributed by atoms with Crippen molar-refractivity contribution in [3.8, 4) is 0 Å². The molecular weight excluding hydrogens is 861 g/mol. The number of amides is 1. The van der Waals surface area contributed by atoms with Crippen molar-refractivity contribution >= 4 is 11.9 Å². The number of nitrogens with two attached hydrogens (primary N) is 1. The van der Waals surface area contributed by atoms with Crippen LogP contribution in [0.15, 0.2) is 85.1 Å². The van der Waals surface area contributed by atoms with E-state index in [0.717, 1.165) is 12.8 Å². The lowest BCUT2D eigenvalue weighted by Crippen LogP contribution is -2.59. The van der Waals surface area contributed by atoms with E-state index in [1.807, 2.05) is 49.5 Å². The number of esters is 1. The number of aliphatic hydroxyl groups is 10. The standard InChI is InChI=1S/C48H74N2O16/c1-29-15-13-11-9-7-5-3-4-6-8-10-12-14-16-35(65-47-45(60)44(49)40(58)28-63-47)25-41-43(46(61)50-31-17-18-31)39(57)27-48(62,66-41)26-34(53)23-38(56)36(54)20-19-32(51)22-33(52)24-42(59)64-30(2)21-37(29)55/h3-16,29-41,43-45,47,51-58,60,62H,17-28,49H2,1-2H3,(H,50,61)/b4-3+,7-5+,8-6+,11-9+,12-10+,15-13+,16-14+/t29-,30-,32?,33?,34?,35?,36?,37-,38?,39-,40+,41-,43?,44-,45+,47-,48?/m0/s1. The third-order valence-corrected chi connectivity index (χ3v) is 12.0. The monoisotopic (exact) mass is 935 g/mol. The Morgan fingerprint density at radius 1 is 0.682 bits per heavy atom. The third-order valence-electron chi connectivity index (χ3n) is 12.0. The van der Waals surface area contributed by atoms with Gasteiger partial charge in [0.05, 0.1) is 86.0 Å². The van der Waals surface area contributed by atoms with Gasteiger partial charge >= 0.3 is 5.97 Å². The average Bonchev–Trinajstić information content (AvgIpc) is 4.05. The van der Waals surface area contributed by atoms with Gasteiger partial charge in [-0.1, -0.05) is 92.0 Å². The molecule has 1 amide bonds. The van der Waals surface area contributed by atoms with Gasteiger partial charge in [-0.05, 0) is 39.0 Å². The van der Waals surface area contributed by atoms with Crippen molar-refractivity contribution in [1.82, 2.24) is 5.32 Å². The highest BCUT2D eigenvalue weighted by atomic mass is 16.7. The highest BCUT2D eigenvalue weighted by Crippen LogP contribution is 2.38. The second kappa shape index (κ2) is 27.5. The number of cyclic esters (lactones) is 1. The number of hydrogen-bond donors (Lipinski definition) is 12. The van der Waals surface area contributed by atoms with Crippen molar-refractivity contribution in [2.24, 2.45) is 17.6 Å². The topological polar surface area (TPSA) is 311 Å². The van der Waals surface area contributed by atoms with Crippen LogP contribution < -0.4 is 11.1 Å². The van der Waals surface area contributed by atoms with E-state index in [-0.39, 0.29) is 50.7 Å². The minimum atomic E-state index is -2.23. The lowest BCUT2D eigenvalue weighted by atomic mass is 9.82. The van der Waals surface area contributed by atoms with E-state index in [0.29, 0.717) is 0 Å². The molecule has 18 heteroatoms. The van der Waals surface area contributed by atoms with Crippen LogP contribution in [0.1, 0.15) is 84.5 Å². The summed E-state index contributed by atoms with van der Waals surface area (Å²) in [6.45, 7) is 3.23. The third kappa shape index (κ3) is 19.3. The maximum atomic E-state index is 13.6. The number of aliphatic hydroxyl groups excluding tert-OH is 9. The van der Waals surface area contributed by atoms with E-state index in [1.54, 1.807) is 49.5 Å². The normalized spacial score (nSPS) is 43.8. The summed E-state index contributed by atoms with van der Waals surface area (Å²) in [5, 5.41) is 111. The van der Waals surface area contributed by atoms with Crippen LogP contribution in [0.5, 0.6) is 0 Å². The minimum absolute atomic E-state index is 0.0807. The van der Waals surface area contributed by atoms with Gasteiger partial charge in [0, 0.05) is 44.1 Å². The van der Waals surface area contributed by atoms with Gasteiger partial charge < -0.3 is 81.1 Å². The molecule has 3 heterocycles. The lowest BCUT2D eigenvalue weighted by Gasteiger charge is -2.45. The summed E-state index contributed by atoms with van der Waals surface area (Å²) < 4.78 is 23.3. The fourth-order valence-corrected chi connectivity index (χ4v) is 8.04. The van der Waals surface area contributed by atoms with Gasteiger partial charge in [0.1, 0.15) is 12.2 Å². The van der Waals surface area contributed by atoms with E-state index in [2.05, 4.69) is 5.32 Å². The second-order valence-corrected chi connectivity index (χ2v) is 18.1. The van der Waals surface area contributed by atoms with Crippen molar-refractivity contribution in [3.05, 3.63) is 85.1 Å². The van der Waals surface area contributed by atoms with Crippen molar-refractivity contribution in [1.29, 1.82) is 0 Å². The Bertz CT molecular complexity index is 1700. The molecule has 0 spiro atoms. The number of ether oxygens (including phenoxy) is 4. The predicted molar refractivity (Wildman–Crippen MR) is 241 cm³/mol. The lowest BCUT2D eigenvalue weighted by molar-refractivity contribution is -0.304. The van der Waals surface area contributed by atoms with Crippen molar-refractivity contribution in [2.45, 2.75) is 182 Å². The zero-order chi connectivity index (χ0) is 48.4. The van der Waals surface area contributed by atoms with E-state index >= 15 is 0 Å². The Balaban J connectivity index is 1.55.